The molecule has 6 nitrogen and oxygen atoms in total. The highest BCUT2D eigenvalue weighted by Gasteiger charge is 2.41. The zero-order valence-electron chi connectivity index (χ0n) is 12.9. The lowest BCUT2D eigenvalue weighted by molar-refractivity contribution is -0.145. The molecule has 1 heterocycles. The van der Waals surface area contributed by atoms with Crippen molar-refractivity contribution in [3.05, 3.63) is 17.3 Å². The largest absolute Gasteiger partial charge is 0.480 e. The lowest BCUT2D eigenvalue weighted by Crippen LogP contribution is -2.54. The van der Waals surface area contributed by atoms with E-state index in [1.807, 2.05) is 0 Å². The average molecular weight is 306 g/mol. The van der Waals surface area contributed by atoms with Crippen LogP contribution in [0, 0.1) is 6.92 Å². The second kappa shape index (κ2) is 5.74. The topological polar surface area (TPSA) is 92.4 Å². The molecule has 1 aromatic rings. The van der Waals surface area contributed by atoms with Gasteiger partial charge in [0.1, 0.15) is 5.54 Å². The Bertz CT molecular complexity index is 581. The number of carboxylic acid groups (broad SMARTS) is 1. The lowest BCUT2D eigenvalue weighted by atomic mass is 9.90. The van der Waals surface area contributed by atoms with Crippen LogP contribution in [0.3, 0.4) is 0 Å². The van der Waals surface area contributed by atoms with Crippen molar-refractivity contribution in [3.8, 4) is 0 Å². The Balaban J connectivity index is 1.80. The van der Waals surface area contributed by atoms with Gasteiger partial charge in [-0.15, -0.1) is 0 Å². The second-order valence-electron chi connectivity index (χ2n) is 6.50. The minimum Gasteiger partial charge on any atom is -0.480 e. The number of amides is 1. The third-order valence-electron chi connectivity index (χ3n) is 4.67. The van der Waals surface area contributed by atoms with Crippen molar-refractivity contribution in [2.24, 2.45) is 0 Å². The third kappa shape index (κ3) is 2.87. The highest BCUT2D eigenvalue weighted by Crippen LogP contribution is 2.40. The highest BCUT2D eigenvalue weighted by atomic mass is 16.4. The molecule has 0 unspecified atom stereocenters. The Labute approximate surface area is 129 Å². The summed E-state index contributed by atoms with van der Waals surface area (Å²) < 4.78 is 5.58. The zero-order valence-corrected chi connectivity index (χ0v) is 12.9. The Morgan fingerprint density at radius 1 is 1.23 bits per heavy atom. The summed E-state index contributed by atoms with van der Waals surface area (Å²) in [6.45, 7) is 1.73. The van der Waals surface area contributed by atoms with Crippen LogP contribution in [0.2, 0.25) is 0 Å². The Morgan fingerprint density at radius 2 is 1.86 bits per heavy atom. The number of carboxylic acids is 1. The van der Waals surface area contributed by atoms with Crippen molar-refractivity contribution in [1.29, 1.82) is 0 Å². The van der Waals surface area contributed by atoms with E-state index in [0.717, 1.165) is 38.5 Å². The molecule has 22 heavy (non-hydrogen) atoms. The molecule has 0 aliphatic heterocycles. The van der Waals surface area contributed by atoms with Gasteiger partial charge in [0, 0.05) is 5.92 Å². The highest BCUT2D eigenvalue weighted by molar-refractivity contribution is 5.96. The predicted octanol–water partition coefficient (Wildman–Crippen LogP) is 2.77. The molecule has 2 saturated carbocycles. The molecule has 3 rings (SSSR count). The number of hydrogen-bond donors (Lipinski definition) is 2. The zero-order chi connectivity index (χ0) is 15.7. The molecule has 2 fully saturated rings. The van der Waals surface area contributed by atoms with Gasteiger partial charge in [-0.25, -0.2) is 9.78 Å². The number of nitrogens with one attached hydrogen (secondary N) is 1. The summed E-state index contributed by atoms with van der Waals surface area (Å²) in [5.74, 6) is -0.324. The fraction of sp³-hybridized carbons (Fsp3) is 0.688. The van der Waals surface area contributed by atoms with Gasteiger partial charge >= 0.3 is 5.97 Å². The maximum Gasteiger partial charge on any atom is 0.329 e. The molecule has 0 spiro atoms. The molecule has 1 amide bonds. The first-order valence-corrected chi connectivity index (χ1v) is 8.05. The van der Waals surface area contributed by atoms with Crippen LogP contribution >= 0.6 is 0 Å². The van der Waals surface area contributed by atoms with Crippen molar-refractivity contribution in [2.75, 3.05) is 0 Å². The van der Waals surface area contributed by atoms with E-state index in [9.17, 15) is 14.7 Å². The number of nitrogens with zero attached hydrogens (tertiary/aromatic N) is 1. The molecule has 6 heteroatoms. The standard InChI is InChI=1S/C16H22N2O4/c1-10-12(22-14(17-10)11-6-7-11)13(19)18-16(15(20)21)8-4-2-3-5-9-16/h11H,2-9H2,1H3,(H,18,19)(H,20,21). The number of rotatable bonds is 4. The molecule has 0 saturated heterocycles. The van der Waals surface area contributed by atoms with E-state index in [-0.39, 0.29) is 5.76 Å². The summed E-state index contributed by atoms with van der Waals surface area (Å²) in [5, 5.41) is 12.4. The Hall–Kier alpha value is -1.85. The van der Waals surface area contributed by atoms with E-state index in [2.05, 4.69) is 10.3 Å². The number of carbonyl (C=O) groups is 2. The predicted molar refractivity (Wildman–Crippen MR) is 78.8 cm³/mol. The number of aryl methyl sites for hydroxylation is 1. The summed E-state index contributed by atoms with van der Waals surface area (Å²) in [6, 6.07) is 0. The van der Waals surface area contributed by atoms with Crippen LogP contribution in [0.15, 0.2) is 4.42 Å². The van der Waals surface area contributed by atoms with Crippen molar-refractivity contribution < 1.29 is 19.1 Å². The van der Waals surface area contributed by atoms with Gasteiger partial charge in [-0.05, 0) is 32.6 Å². The number of hydrogen-bond acceptors (Lipinski definition) is 4. The second-order valence-corrected chi connectivity index (χ2v) is 6.50. The van der Waals surface area contributed by atoms with Crippen LogP contribution in [-0.4, -0.2) is 27.5 Å². The summed E-state index contributed by atoms with van der Waals surface area (Å²) in [7, 11) is 0. The smallest absolute Gasteiger partial charge is 0.329 e. The molecule has 0 bridgehead atoms. The molecular formula is C16H22N2O4. The minimum atomic E-state index is -1.17. The van der Waals surface area contributed by atoms with E-state index in [4.69, 9.17) is 4.42 Å². The molecule has 2 N–H and O–H groups in total. The van der Waals surface area contributed by atoms with Gasteiger partial charge in [-0.3, -0.25) is 4.79 Å². The molecule has 120 valence electrons. The van der Waals surface area contributed by atoms with E-state index in [1.165, 1.54) is 0 Å². The minimum absolute atomic E-state index is 0.159. The van der Waals surface area contributed by atoms with Crippen LogP contribution in [0.4, 0.5) is 0 Å². The van der Waals surface area contributed by atoms with E-state index < -0.39 is 17.4 Å². The van der Waals surface area contributed by atoms with Crippen molar-refractivity contribution in [1.82, 2.24) is 10.3 Å². The van der Waals surface area contributed by atoms with E-state index in [1.54, 1.807) is 6.92 Å². The summed E-state index contributed by atoms with van der Waals surface area (Å²) in [6.07, 6.45) is 6.67. The SMILES string of the molecule is Cc1nc(C2CC2)oc1C(=O)NC1(C(=O)O)CCCCCC1. The van der Waals surface area contributed by atoms with Crippen molar-refractivity contribution in [3.63, 3.8) is 0 Å². The van der Waals surface area contributed by atoms with Crippen LogP contribution in [0.1, 0.15) is 79.4 Å². The number of aromatic nitrogens is 1. The van der Waals surface area contributed by atoms with Gasteiger partial charge in [0.15, 0.2) is 5.89 Å². The maximum atomic E-state index is 12.5. The molecular weight excluding hydrogens is 284 g/mol. The van der Waals surface area contributed by atoms with Crippen LogP contribution in [-0.2, 0) is 4.79 Å². The first kappa shape index (κ1) is 15.1. The average Bonchev–Trinajstić information content (AvgIpc) is 3.26. The van der Waals surface area contributed by atoms with Gasteiger partial charge in [-0.2, -0.15) is 0 Å². The normalized spacial score (nSPS) is 21.1. The molecule has 0 atom stereocenters. The summed E-state index contributed by atoms with van der Waals surface area (Å²) in [4.78, 5) is 28.5. The fourth-order valence-corrected chi connectivity index (χ4v) is 3.13. The Kier molecular flexibility index (Phi) is 3.93. The lowest BCUT2D eigenvalue weighted by Gasteiger charge is -2.28. The maximum absolute atomic E-state index is 12.5. The molecule has 1 aromatic heterocycles. The van der Waals surface area contributed by atoms with Crippen LogP contribution in [0.25, 0.3) is 0 Å². The Morgan fingerprint density at radius 3 is 2.41 bits per heavy atom. The van der Waals surface area contributed by atoms with Gasteiger partial charge in [0.05, 0.1) is 5.69 Å². The quantitative estimate of drug-likeness (QED) is 0.834. The van der Waals surface area contributed by atoms with E-state index in [0.29, 0.717) is 30.3 Å². The van der Waals surface area contributed by atoms with E-state index >= 15 is 0 Å². The van der Waals surface area contributed by atoms with Gasteiger partial charge in [-0.1, -0.05) is 25.7 Å². The summed E-state index contributed by atoms with van der Waals surface area (Å²) >= 11 is 0. The summed E-state index contributed by atoms with van der Waals surface area (Å²) in [5.41, 5.74) is -0.638. The number of aliphatic carboxylic acids is 1. The van der Waals surface area contributed by atoms with Gasteiger partial charge in [0.2, 0.25) is 5.76 Å². The van der Waals surface area contributed by atoms with Crippen molar-refractivity contribution in [2.45, 2.75) is 69.7 Å². The first-order chi connectivity index (χ1) is 10.5. The number of oxazole rings is 1. The molecule has 2 aliphatic carbocycles. The monoisotopic (exact) mass is 306 g/mol. The molecule has 0 aromatic carbocycles. The number of carbonyl (C=O) groups excluding carboxylic acids is 1. The molecule has 0 radical (unpaired) electrons. The van der Waals surface area contributed by atoms with Gasteiger partial charge < -0.3 is 14.8 Å². The first-order valence-electron chi connectivity index (χ1n) is 8.05. The molecule has 2 aliphatic rings. The van der Waals surface area contributed by atoms with Crippen LogP contribution in [0.5, 0.6) is 0 Å². The third-order valence-corrected chi connectivity index (χ3v) is 4.67. The van der Waals surface area contributed by atoms with Gasteiger partial charge in [0.25, 0.3) is 5.91 Å². The fourth-order valence-electron chi connectivity index (χ4n) is 3.13. The van der Waals surface area contributed by atoms with Crippen molar-refractivity contribution >= 4 is 11.9 Å². The van der Waals surface area contributed by atoms with Crippen LogP contribution < -0.4 is 5.32 Å².